The summed E-state index contributed by atoms with van der Waals surface area (Å²) in [6.45, 7) is 6.57. The monoisotopic (exact) mass is 346 g/mol. The zero-order chi connectivity index (χ0) is 17.3. The molecule has 0 radical (unpaired) electrons. The maximum absolute atomic E-state index is 12.1. The molecule has 25 heavy (non-hydrogen) atoms. The smallest absolute Gasteiger partial charge is 0.174 e. The Labute approximate surface area is 152 Å². The molecule has 1 aliphatic heterocycles. The molecule has 6 atom stereocenters. The molecule has 3 nitrogen and oxygen atoms in total. The standard InChI is InChI=1S/C22H34O3/c1-20-10-7-16(23)5-3-15(20)4-6-17-18(20)8-11-21(2)19(17)9-12-22(21)24-13-14-25-22/h15,17-19H,3-14H2,1-2H3. The molecule has 0 amide bonds. The second kappa shape index (κ2) is 5.55. The summed E-state index contributed by atoms with van der Waals surface area (Å²) in [5.74, 6) is 3.40. The minimum absolute atomic E-state index is 0.203. The molecule has 0 aromatic rings. The van der Waals surface area contributed by atoms with Gasteiger partial charge in [0, 0.05) is 24.7 Å². The Balaban J connectivity index is 1.46. The summed E-state index contributed by atoms with van der Waals surface area (Å²) in [4.78, 5) is 12.1. The highest BCUT2D eigenvalue weighted by atomic mass is 16.7. The van der Waals surface area contributed by atoms with Gasteiger partial charge in [-0.25, -0.2) is 0 Å². The van der Waals surface area contributed by atoms with Gasteiger partial charge in [0.25, 0.3) is 0 Å². The van der Waals surface area contributed by atoms with Gasteiger partial charge >= 0.3 is 0 Å². The molecule has 4 saturated carbocycles. The van der Waals surface area contributed by atoms with Gasteiger partial charge in [0.2, 0.25) is 0 Å². The molecule has 3 heteroatoms. The molecule has 1 spiro atoms. The third-order valence-corrected chi connectivity index (χ3v) is 9.58. The summed E-state index contributed by atoms with van der Waals surface area (Å²) in [6.07, 6.45) is 11.6. The average Bonchev–Trinajstić information content (AvgIpc) is 3.15. The number of carbonyl (C=O) groups is 1. The lowest BCUT2D eigenvalue weighted by Crippen LogP contribution is -2.55. The van der Waals surface area contributed by atoms with E-state index in [0.717, 1.165) is 69.0 Å². The van der Waals surface area contributed by atoms with Gasteiger partial charge in [-0.1, -0.05) is 13.8 Å². The van der Waals surface area contributed by atoms with Gasteiger partial charge in [-0.15, -0.1) is 0 Å². The fourth-order valence-electron chi connectivity index (χ4n) is 8.15. The van der Waals surface area contributed by atoms with Gasteiger partial charge in [-0.05, 0) is 74.0 Å². The van der Waals surface area contributed by atoms with Crippen LogP contribution in [0.2, 0.25) is 0 Å². The van der Waals surface area contributed by atoms with Crippen LogP contribution in [-0.2, 0) is 14.3 Å². The molecular weight excluding hydrogens is 312 g/mol. The summed E-state index contributed by atoms with van der Waals surface area (Å²) in [5, 5.41) is 0. The summed E-state index contributed by atoms with van der Waals surface area (Å²) in [5.41, 5.74) is 0.595. The Bertz CT molecular complexity index is 566. The van der Waals surface area contributed by atoms with Gasteiger partial charge in [0.05, 0.1) is 13.2 Å². The number of carbonyl (C=O) groups excluding carboxylic acids is 1. The molecular formula is C22H34O3. The third kappa shape index (κ3) is 2.15. The van der Waals surface area contributed by atoms with E-state index in [2.05, 4.69) is 13.8 Å². The van der Waals surface area contributed by atoms with Gasteiger partial charge in [-0.3, -0.25) is 4.79 Å². The first-order valence-electron chi connectivity index (χ1n) is 10.8. The van der Waals surface area contributed by atoms with Crippen molar-refractivity contribution in [2.45, 2.75) is 83.8 Å². The Hall–Kier alpha value is -0.410. The highest BCUT2D eigenvalue weighted by Crippen LogP contribution is 2.69. The number of ether oxygens (including phenoxy) is 2. The first kappa shape index (κ1) is 16.7. The Morgan fingerprint density at radius 1 is 0.840 bits per heavy atom. The Morgan fingerprint density at radius 3 is 2.40 bits per heavy atom. The van der Waals surface area contributed by atoms with Crippen molar-refractivity contribution in [1.82, 2.24) is 0 Å². The van der Waals surface area contributed by atoms with E-state index < -0.39 is 0 Å². The topological polar surface area (TPSA) is 35.5 Å². The van der Waals surface area contributed by atoms with Crippen LogP contribution in [0.25, 0.3) is 0 Å². The number of Topliss-reactive ketones (excluding diaryl/α,β-unsaturated/α-hetero) is 1. The van der Waals surface area contributed by atoms with Crippen LogP contribution >= 0.6 is 0 Å². The lowest BCUT2D eigenvalue weighted by atomic mass is 9.46. The molecule has 0 aromatic heterocycles. The molecule has 1 saturated heterocycles. The number of hydrogen-bond donors (Lipinski definition) is 0. The molecule has 0 aromatic carbocycles. The quantitative estimate of drug-likeness (QED) is 0.636. The van der Waals surface area contributed by atoms with E-state index in [1.807, 2.05) is 0 Å². The highest BCUT2D eigenvalue weighted by molar-refractivity contribution is 5.78. The molecule has 6 unspecified atom stereocenters. The molecule has 0 N–H and O–H groups in total. The molecule has 4 aliphatic carbocycles. The van der Waals surface area contributed by atoms with Crippen molar-refractivity contribution in [3.8, 4) is 0 Å². The number of hydrogen-bond acceptors (Lipinski definition) is 3. The molecule has 5 aliphatic rings. The maximum Gasteiger partial charge on any atom is 0.174 e. The van der Waals surface area contributed by atoms with Crippen molar-refractivity contribution in [3.05, 3.63) is 0 Å². The van der Waals surface area contributed by atoms with E-state index >= 15 is 0 Å². The minimum Gasteiger partial charge on any atom is -0.347 e. The normalized spacial score (nSPS) is 51.7. The van der Waals surface area contributed by atoms with Crippen LogP contribution in [0, 0.1) is 34.5 Å². The minimum atomic E-state index is -0.278. The van der Waals surface area contributed by atoms with Crippen molar-refractivity contribution in [3.63, 3.8) is 0 Å². The maximum atomic E-state index is 12.1. The number of ketones is 1. The molecule has 0 bridgehead atoms. The van der Waals surface area contributed by atoms with Crippen molar-refractivity contribution in [2.75, 3.05) is 13.2 Å². The van der Waals surface area contributed by atoms with Crippen molar-refractivity contribution < 1.29 is 14.3 Å². The van der Waals surface area contributed by atoms with Gasteiger partial charge in [-0.2, -0.15) is 0 Å². The SMILES string of the molecule is CC12CCC(=O)CCC1CCC1C2CCC2(C)C1CCC21OCCO1. The average molecular weight is 347 g/mol. The molecule has 5 rings (SSSR count). The Morgan fingerprint density at radius 2 is 1.60 bits per heavy atom. The lowest BCUT2D eigenvalue weighted by Gasteiger charge is -2.59. The lowest BCUT2D eigenvalue weighted by molar-refractivity contribution is -0.246. The summed E-state index contributed by atoms with van der Waals surface area (Å²) < 4.78 is 12.5. The third-order valence-electron chi connectivity index (χ3n) is 9.58. The fourth-order valence-corrected chi connectivity index (χ4v) is 8.15. The number of fused-ring (bicyclic) bond motifs is 6. The van der Waals surface area contributed by atoms with Crippen molar-refractivity contribution in [1.29, 1.82) is 0 Å². The largest absolute Gasteiger partial charge is 0.347 e. The highest BCUT2D eigenvalue weighted by Gasteiger charge is 2.67. The van der Waals surface area contributed by atoms with E-state index in [0.29, 0.717) is 11.2 Å². The summed E-state index contributed by atoms with van der Waals surface area (Å²) >= 11 is 0. The van der Waals surface area contributed by atoms with E-state index in [1.165, 1.54) is 32.1 Å². The van der Waals surface area contributed by atoms with E-state index in [4.69, 9.17) is 9.47 Å². The van der Waals surface area contributed by atoms with Gasteiger partial charge < -0.3 is 9.47 Å². The van der Waals surface area contributed by atoms with Gasteiger partial charge in [0.15, 0.2) is 5.79 Å². The van der Waals surface area contributed by atoms with Gasteiger partial charge in [0.1, 0.15) is 5.78 Å². The van der Waals surface area contributed by atoms with Crippen LogP contribution < -0.4 is 0 Å². The predicted molar refractivity (Wildman–Crippen MR) is 96.0 cm³/mol. The number of rotatable bonds is 0. The van der Waals surface area contributed by atoms with Crippen molar-refractivity contribution in [2.24, 2.45) is 34.5 Å². The molecule has 140 valence electrons. The van der Waals surface area contributed by atoms with Crippen LogP contribution in [0.15, 0.2) is 0 Å². The van der Waals surface area contributed by atoms with E-state index in [-0.39, 0.29) is 11.2 Å². The fraction of sp³-hybridized carbons (Fsp3) is 0.955. The van der Waals surface area contributed by atoms with E-state index in [9.17, 15) is 4.79 Å². The van der Waals surface area contributed by atoms with Crippen LogP contribution in [0.1, 0.15) is 78.1 Å². The molecule has 1 heterocycles. The summed E-state index contributed by atoms with van der Waals surface area (Å²) in [6, 6.07) is 0. The van der Waals surface area contributed by atoms with Crippen LogP contribution in [-0.4, -0.2) is 24.8 Å². The van der Waals surface area contributed by atoms with Crippen LogP contribution in [0.3, 0.4) is 0 Å². The second-order valence-electron chi connectivity index (χ2n) is 10.2. The predicted octanol–water partition coefficient (Wildman–Crippen LogP) is 4.73. The van der Waals surface area contributed by atoms with Crippen LogP contribution in [0.5, 0.6) is 0 Å². The zero-order valence-corrected chi connectivity index (χ0v) is 16.0. The second-order valence-corrected chi connectivity index (χ2v) is 10.2. The van der Waals surface area contributed by atoms with Crippen LogP contribution in [0.4, 0.5) is 0 Å². The van der Waals surface area contributed by atoms with E-state index in [1.54, 1.807) is 0 Å². The first-order chi connectivity index (χ1) is 12.0. The molecule has 5 fully saturated rings. The summed E-state index contributed by atoms with van der Waals surface area (Å²) in [7, 11) is 0. The Kier molecular flexibility index (Phi) is 3.71. The van der Waals surface area contributed by atoms with Crippen molar-refractivity contribution >= 4 is 5.78 Å². The first-order valence-corrected chi connectivity index (χ1v) is 10.8. The zero-order valence-electron chi connectivity index (χ0n) is 16.0.